The van der Waals surface area contributed by atoms with Gasteiger partial charge in [-0.25, -0.2) is 0 Å². The molecule has 1 N–H and O–H groups in total. The van der Waals surface area contributed by atoms with E-state index in [4.69, 9.17) is 0 Å². The zero-order valence-electron chi connectivity index (χ0n) is 9.89. The summed E-state index contributed by atoms with van der Waals surface area (Å²) in [5.74, 6) is 0. The number of likely N-dealkylation sites (tertiary alicyclic amines) is 1. The molecule has 0 aromatic rings. The van der Waals surface area contributed by atoms with Crippen LogP contribution in [0.4, 0.5) is 0 Å². The molecule has 0 unspecified atom stereocenters. The first-order valence-corrected chi connectivity index (χ1v) is 6.32. The van der Waals surface area contributed by atoms with Crippen molar-refractivity contribution in [2.24, 2.45) is 0 Å². The average Bonchev–Trinajstić information content (AvgIpc) is 2.71. The van der Waals surface area contributed by atoms with E-state index in [0.717, 1.165) is 6.04 Å². The highest BCUT2D eigenvalue weighted by atomic mass is 15.1. The maximum absolute atomic E-state index is 3.62. The van der Waals surface area contributed by atoms with Crippen LogP contribution in [0.5, 0.6) is 0 Å². The van der Waals surface area contributed by atoms with Crippen molar-refractivity contribution in [1.82, 2.24) is 10.2 Å². The molecule has 0 aromatic heterocycles. The summed E-state index contributed by atoms with van der Waals surface area (Å²) in [4.78, 5) is 2.59. The zero-order chi connectivity index (χ0) is 10.2. The highest BCUT2D eigenvalue weighted by Gasteiger charge is 2.10. The fourth-order valence-electron chi connectivity index (χ4n) is 2.19. The lowest BCUT2D eigenvalue weighted by Crippen LogP contribution is -2.31. The van der Waals surface area contributed by atoms with Gasteiger partial charge in [-0.3, -0.25) is 0 Å². The van der Waals surface area contributed by atoms with Gasteiger partial charge in [0, 0.05) is 6.04 Å². The molecule has 0 amide bonds. The van der Waals surface area contributed by atoms with Gasteiger partial charge >= 0.3 is 0 Å². The molecule has 0 aliphatic carbocycles. The minimum Gasteiger partial charge on any atom is -0.314 e. The van der Waals surface area contributed by atoms with Gasteiger partial charge in [0.2, 0.25) is 0 Å². The van der Waals surface area contributed by atoms with E-state index in [1.807, 2.05) is 0 Å². The second-order valence-electron chi connectivity index (χ2n) is 4.37. The molecule has 1 fully saturated rings. The number of nitrogens with zero attached hydrogens (tertiary/aromatic N) is 1. The van der Waals surface area contributed by atoms with E-state index in [0.29, 0.717) is 0 Å². The molecule has 0 radical (unpaired) electrons. The van der Waals surface area contributed by atoms with E-state index in [1.54, 1.807) is 0 Å². The molecular weight excluding hydrogens is 172 g/mol. The van der Waals surface area contributed by atoms with E-state index in [2.05, 4.69) is 24.1 Å². The lowest BCUT2D eigenvalue weighted by Gasteiger charge is -2.17. The van der Waals surface area contributed by atoms with Crippen molar-refractivity contribution in [3.8, 4) is 0 Å². The molecule has 1 heterocycles. The van der Waals surface area contributed by atoms with Crippen molar-refractivity contribution in [1.29, 1.82) is 0 Å². The molecule has 0 spiro atoms. The maximum Gasteiger partial charge on any atom is 0.00618 e. The Bertz CT molecular complexity index is 122. The zero-order valence-corrected chi connectivity index (χ0v) is 9.89. The smallest absolute Gasteiger partial charge is 0.00618 e. The lowest BCUT2D eigenvalue weighted by molar-refractivity contribution is 0.326. The van der Waals surface area contributed by atoms with Crippen molar-refractivity contribution in [3.05, 3.63) is 0 Å². The van der Waals surface area contributed by atoms with Crippen LogP contribution < -0.4 is 5.32 Å². The summed E-state index contributed by atoms with van der Waals surface area (Å²) in [7, 11) is 0. The molecule has 0 atom stereocenters. The van der Waals surface area contributed by atoms with Gasteiger partial charge in [0.15, 0.2) is 0 Å². The SMILES string of the molecule is CCC(CC)NCCCN1CCCC1. The van der Waals surface area contributed by atoms with Gasteiger partial charge in [-0.15, -0.1) is 0 Å². The van der Waals surface area contributed by atoms with E-state index in [1.165, 1.54) is 58.3 Å². The Kier molecular flexibility index (Phi) is 6.20. The molecule has 14 heavy (non-hydrogen) atoms. The Morgan fingerprint density at radius 3 is 2.36 bits per heavy atom. The summed E-state index contributed by atoms with van der Waals surface area (Å²) in [5, 5.41) is 3.62. The third-order valence-electron chi connectivity index (χ3n) is 3.27. The molecule has 0 aromatic carbocycles. The molecule has 1 saturated heterocycles. The average molecular weight is 198 g/mol. The quantitative estimate of drug-likeness (QED) is 0.631. The van der Waals surface area contributed by atoms with Crippen molar-refractivity contribution in [2.45, 2.75) is 52.0 Å². The highest BCUT2D eigenvalue weighted by molar-refractivity contribution is 4.67. The predicted octanol–water partition coefficient (Wildman–Crippen LogP) is 2.25. The van der Waals surface area contributed by atoms with Gasteiger partial charge in [-0.2, -0.15) is 0 Å². The van der Waals surface area contributed by atoms with Crippen LogP contribution in [-0.4, -0.2) is 37.1 Å². The molecule has 2 nitrogen and oxygen atoms in total. The lowest BCUT2D eigenvalue weighted by atomic mass is 10.2. The van der Waals surface area contributed by atoms with E-state index in [-0.39, 0.29) is 0 Å². The number of nitrogens with one attached hydrogen (secondary N) is 1. The molecule has 1 aliphatic heterocycles. The van der Waals surface area contributed by atoms with Crippen molar-refractivity contribution >= 4 is 0 Å². The molecule has 0 bridgehead atoms. The Hall–Kier alpha value is -0.0800. The van der Waals surface area contributed by atoms with Gasteiger partial charge in [-0.05, 0) is 58.3 Å². The van der Waals surface area contributed by atoms with Crippen LogP contribution in [0.25, 0.3) is 0 Å². The predicted molar refractivity (Wildman–Crippen MR) is 62.7 cm³/mol. The Balaban J connectivity index is 1.92. The van der Waals surface area contributed by atoms with Crippen molar-refractivity contribution in [2.75, 3.05) is 26.2 Å². The number of rotatable bonds is 7. The highest BCUT2D eigenvalue weighted by Crippen LogP contribution is 2.07. The Labute approximate surface area is 89.1 Å². The Morgan fingerprint density at radius 2 is 1.79 bits per heavy atom. The third kappa shape index (κ3) is 4.43. The molecule has 2 heteroatoms. The van der Waals surface area contributed by atoms with E-state index in [9.17, 15) is 0 Å². The summed E-state index contributed by atoms with van der Waals surface area (Å²) in [5.41, 5.74) is 0. The van der Waals surface area contributed by atoms with Crippen molar-refractivity contribution in [3.63, 3.8) is 0 Å². The second-order valence-corrected chi connectivity index (χ2v) is 4.37. The summed E-state index contributed by atoms with van der Waals surface area (Å²) < 4.78 is 0. The first-order chi connectivity index (χ1) is 6.86. The molecular formula is C12H26N2. The van der Waals surface area contributed by atoms with Crippen LogP contribution in [0.1, 0.15) is 46.0 Å². The topological polar surface area (TPSA) is 15.3 Å². The van der Waals surface area contributed by atoms with Crippen LogP contribution in [0.3, 0.4) is 0 Å². The van der Waals surface area contributed by atoms with Crippen molar-refractivity contribution < 1.29 is 0 Å². The standard InChI is InChI=1S/C12H26N2/c1-3-12(4-2)13-8-7-11-14-9-5-6-10-14/h12-13H,3-11H2,1-2H3. The van der Waals surface area contributed by atoms with Crippen LogP contribution in [0, 0.1) is 0 Å². The maximum atomic E-state index is 3.62. The molecule has 0 saturated carbocycles. The van der Waals surface area contributed by atoms with Crippen LogP contribution in [0.15, 0.2) is 0 Å². The van der Waals surface area contributed by atoms with E-state index >= 15 is 0 Å². The summed E-state index contributed by atoms with van der Waals surface area (Å²) in [6.07, 6.45) is 6.68. The minimum absolute atomic E-state index is 0.744. The van der Waals surface area contributed by atoms with Gasteiger partial charge < -0.3 is 10.2 Å². The normalized spacial score (nSPS) is 18.2. The molecule has 1 rings (SSSR count). The summed E-state index contributed by atoms with van der Waals surface area (Å²) in [6, 6.07) is 0.744. The van der Waals surface area contributed by atoms with Gasteiger partial charge in [-0.1, -0.05) is 13.8 Å². The van der Waals surface area contributed by atoms with E-state index < -0.39 is 0 Å². The van der Waals surface area contributed by atoms with Crippen LogP contribution in [-0.2, 0) is 0 Å². The fraction of sp³-hybridized carbons (Fsp3) is 1.00. The second kappa shape index (κ2) is 7.24. The summed E-state index contributed by atoms with van der Waals surface area (Å²) in [6.45, 7) is 9.70. The van der Waals surface area contributed by atoms with Gasteiger partial charge in [0.25, 0.3) is 0 Å². The van der Waals surface area contributed by atoms with Gasteiger partial charge in [0.05, 0.1) is 0 Å². The minimum atomic E-state index is 0.744. The monoisotopic (exact) mass is 198 g/mol. The largest absolute Gasteiger partial charge is 0.314 e. The summed E-state index contributed by atoms with van der Waals surface area (Å²) >= 11 is 0. The van der Waals surface area contributed by atoms with Crippen LogP contribution in [0.2, 0.25) is 0 Å². The third-order valence-corrected chi connectivity index (χ3v) is 3.27. The number of hydrogen-bond donors (Lipinski definition) is 1. The molecule has 84 valence electrons. The molecule has 1 aliphatic rings. The Morgan fingerprint density at radius 1 is 1.14 bits per heavy atom. The first kappa shape index (κ1) is 12.0. The first-order valence-electron chi connectivity index (χ1n) is 6.32. The van der Waals surface area contributed by atoms with Crippen LogP contribution >= 0.6 is 0 Å². The fourth-order valence-corrected chi connectivity index (χ4v) is 2.19. The number of hydrogen-bond acceptors (Lipinski definition) is 2. The van der Waals surface area contributed by atoms with Gasteiger partial charge in [0.1, 0.15) is 0 Å².